The molecule has 0 spiro atoms. The molecule has 0 unspecified atom stereocenters. The van der Waals surface area contributed by atoms with Gasteiger partial charge in [0.05, 0.1) is 10.0 Å². The van der Waals surface area contributed by atoms with Crippen molar-refractivity contribution >= 4 is 34.8 Å². The fraction of sp³-hybridized carbons (Fsp3) is 0.235. The van der Waals surface area contributed by atoms with Crippen LogP contribution in [-0.4, -0.2) is 12.0 Å². The molecule has 22 heavy (non-hydrogen) atoms. The number of nitrogens with one attached hydrogen (secondary N) is 1. The van der Waals surface area contributed by atoms with Gasteiger partial charge < -0.3 is 10.1 Å². The molecule has 0 saturated carbocycles. The Hall–Kier alpha value is -1.71. The number of rotatable bonds is 5. The molecule has 1 atom stereocenters. The zero-order chi connectivity index (χ0) is 16.1. The van der Waals surface area contributed by atoms with Crippen molar-refractivity contribution in [2.45, 2.75) is 26.4 Å². The van der Waals surface area contributed by atoms with E-state index in [1.807, 2.05) is 24.3 Å². The summed E-state index contributed by atoms with van der Waals surface area (Å²) in [6.45, 7) is 3.78. The highest BCUT2D eigenvalue weighted by Gasteiger charge is 2.15. The molecule has 2 aromatic rings. The highest BCUT2D eigenvalue weighted by Crippen LogP contribution is 2.25. The Morgan fingerprint density at radius 3 is 2.41 bits per heavy atom. The predicted octanol–water partition coefficient (Wildman–Crippen LogP) is 4.96. The van der Waals surface area contributed by atoms with E-state index in [0.29, 0.717) is 21.5 Å². The van der Waals surface area contributed by atoms with Gasteiger partial charge in [-0.05, 0) is 49.2 Å². The number of anilines is 1. The lowest BCUT2D eigenvalue weighted by molar-refractivity contribution is -0.122. The molecule has 1 N–H and O–H groups in total. The van der Waals surface area contributed by atoms with Gasteiger partial charge in [-0.15, -0.1) is 0 Å². The predicted molar refractivity (Wildman–Crippen MR) is 91.0 cm³/mol. The van der Waals surface area contributed by atoms with Gasteiger partial charge in [-0.25, -0.2) is 0 Å². The largest absolute Gasteiger partial charge is 0.481 e. The van der Waals surface area contributed by atoms with Crippen LogP contribution in [0.25, 0.3) is 0 Å². The van der Waals surface area contributed by atoms with Crippen molar-refractivity contribution in [3.8, 4) is 5.75 Å². The van der Waals surface area contributed by atoms with E-state index < -0.39 is 6.10 Å². The maximum Gasteiger partial charge on any atom is 0.265 e. The average molecular weight is 338 g/mol. The zero-order valence-corrected chi connectivity index (χ0v) is 13.9. The number of benzene rings is 2. The number of carbonyl (C=O) groups is 1. The number of hydrogen-bond acceptors (Lipinski definition) is 2. The molecular formula is C17H17Cl2NO2. The van der Waals surface area contributed by atoms with Crippen LogP contribution in [0.2, 0.25) is 10.0 Å². The second kappa shape index (κ2) is 7.52. The highest BCUT2D eigenvalue weighted by atomic mass is 35.5. The van der Waals surface area contributed by atoms with Crippen molar-refractivity contribution in [3.05, 3.63) is 58.1 Å². The van der Waals surface area contributed by atoms with E-state index in [0.717, 1.165) is 6.42 Å². The standard InChI is InChI=1S/C17H17Cl2NO2/c1-3-12-4-7-14(8-5-12)22-11(2)17(21)20-13-6-9-15(18)16(19)10-13/h4-11H,3H2,1-2H3,(H,20,21)/t11-/m0/s1. The maximum atomic E-state index is 12.1. The molecule has 0 radical (unpaired) electrons. The Morgan fingerprint density at radius 1 is 1.14 bits per heavy atom. The van der Waals surface area contributed by atoms with E-state index in [4.69, 9.17) is 27.9 Å². The Morgan fingerprint density at radius 2 is 1.82 bits per heavy atom. The maximum absolute atomic E-state index is 12.1. The van der Waals surface area contributed by atoms with Gasteiger partial charge in [-0.2, -0.15) is 0 Å². The summed E-state index contributed by atoms with van der Waals surface area (Å²) in [5.41, 5.74) is 1.80. The minimum atomic E-state index is -0.623. The number of hydrogen-bond donors (Lipinski definition) is 1. The molecule has 0 saturated heterocycles. The Kier molecular flexibility index (Phi) is 5.69. The molecular weight excluding hydrogens is 321 g/mol. The third-order valence-corrected chi connectivity index (χ3v) is 3.94. The van der Waals surface area contributed by atoms with Gasteiger partial charge in [-0.1, -0.05) is 42.3 Å². The Balaban J connectivity index is 1.97. The van der Waals surface area contributed by atoms with Crippen LogP contribution in [0.5, 0.6) is 5.75 Å². The van der Waals surface area contributed by atoms with Gasteiger partial charge in [0.25, 0.3) is 5.91 Å². The van der Waals surface area contributed by atoms with Crippen LogP contribution in [0.3, 0.4) is 0 Å². The fourth-order valence-corrected chi connectivity index (χ4v) is 2.18. The summed E-state index contributed by atoms with van der Waals surface area (Å²) in [5, 5.41) is 3.58. The van der Waals surface area contributed by atoms with Crippen molar-refractivity contribution in [3.63, 3.8) is 0 Å². The van der Waals surface area contributed by atoms with Crippen LogP contribution < -0.4 is 10.1 Å². The van der Waals surface area contributed by atoms with Crippen LogP contribution >= 0.6 is 23.2 Å². The number of carbonyl (C=O) groups excluding carboxylic acids is 1. The SMILES string of the molecule is CCc1ccc(O[C@@H](C)C(=O)Nc2ccc(Cl)c(Cl)c2)cc1. The molecule has 5 heteroatoms. The first kappa shape index (κ1) is 16.7. The normalized spacial score (nSPS) is 11.8. The summed E-state index contributed by atoms with van der Waals surface area (Å²) >= 11 is 11.8. The van der Waals surface area contributed by atoms with Gasteiger partial charge in [-0.3, -0.25) is 4.79 Å². The fourth-order valence-electron chi connectivity index (χ4n) is 1.88. The number of aryl methyl sites for hydroxylation is 1. The van der Waals surface area contributed by atoms with E-state index in [9.17, 15) is 4.79 Å². The molecule has 0 aliphatic heterocycles. The summed E-state index contributed by atoms with van der Waals surface area (Å²) in [5.74, 6) is 0.409. The van der Waals surface area contributed by atoms with Crippen LogP contribution in [0.15, 0.2) is 42.5 Å². The molecule has 2 rings (SSSR count). The van der Waals surface area contributed by atoms with Crippen molar-refractivity contribution in [1.29, 1.82) is 0 Å². The molecule has 1 amide bonds. The van der Waals surface area contributed by atoms with Gasteiger partial charge in [0.2, 0.25) is 0 Å². The Bertz CT molecular complexity index is 656. The smallest absolute Gasteiger partial charge is 0.265 e. The lowest BCUT2D eigenvalue weighted by Gasteiger charge is -2.15. The van der Waals surface area contributed by atoms with Gasteiger partial charge >= 0.3 is 0 Å². The van der Waals surface area contributed by atoms with Crippen LogP contribution in [-0.2, 0) is 11.2 Å². The molecule has 0 fully saturated rings. The minimum Gasteiger partial charge on any atom is -0.481 e. The first-order valence-electron chi connectivity index (χ1n) is 7.01. The first-order chi connectivity index (χ1) is 10.5. The summed E-state index contributed by atoms with van der Waals surface area (Å²) in [7, 11) is 0. The highest BCUT2D eigenvalue weighted by molar-refractivity contribution is 6.42. The van der Waals surface area contributed by atoms with Crippen molar-refractivity contribution < 1.29 is 9.53 Å². The molecule has 0 aliphatic rings. The molecule has 0 aromatic heterocycles. The third kappa shape index (κ3) is 4.39. The zero-order valence-electron chi connectivity index (χ0n) is 12.4. The molecule has 3 nitrogen and oxygen atoms in total. The number of halogens is 2. The number of amides is 1. The summed E-state index contributed by atoms with van der Waals surface area (Å²) < 4.78 is 5.63. The van der Waals surface area contributed by atoms with E-state index in [2.05, 4.69) is 12.2 Å². The first-order valence-corrected chi connectivity index (χ1v) is 7.76. The van der Waals surface area contributed by atoms with Crippen molar-refractivity contribution in [2.75, 3.05) is 5.32 Å². The third-order valence-electron chi connectivity index (χ3n) is 3.20. The summed E-state index contributed by atoms with van der Waals surface area (Å²) in [6.07, 6.45) is 0.343. The summed E-state index contributed by atoms with van der Waals surface area (Å²) in [4.78, 5) is 12.1. The number of ether oxygens (including phenoxy) is 1. The average Bonchev–Trinajstić information content (AvgIpc) is 2.51. The molecule has 116 valence electrons. The lowest BCUT2D eigenvalue weighted by atomic mass is 10.2. The molecule has 0 bridgehead atoms. The molecule has 2 aromatic carbocycles. The van der Waals surface area contributed by atoms with Crippen molar-refractivity contribution in [1.82, 2.24) is 0 Å². The quantitative estimate of drug-likeness (QED) is 0.837. The van der Waals surface area contributed by atoms with E-state index in [1.165, 1.54) is 5.56 Å². The van der Waals surface area contributed by atoms with Crippen LogP contribution in [0.1, 0.15) is 19.4 Å². The molecule has 0 heterocycles. The van der Waals surface area contributed by atoms with Gasteiger partial charge in [0, 0.05) is 5.69 Å². The van der Waals surface area contributed by atoms with Gasteiger partial charge in [0.1, 0.15) is 5.75 Å². The van der Waals surface area contributed by atoms with Crippen LogP contribution in [0, 0.1) is 0 Å². The Labute approximate surface area is 140 Å². The second-order valence-corrected chi connectivity index (χ2v) is 5.69. The van der Waals surface area contributed by atoms with Gasteiger partial charge in [0.15, 0.2) is 6.10 Å². The lowest BCUT2D eigenvalue weighted by Crippen LogP contribution is -2.30. The van der Waals surface area contributed by atoms with E-state index >= 15 is 0 Å². The minimum absolute atomic E-state index is 0.252. The topological polar surface area (TPSA) is 38.3 Å². The summed E-state index contributed by atoms with van der Waals surface area (Å²) in [6, 6.07) is 12.6. The van der Waals surface area contributed by atoms with Crippen molar-refractivity contribution in [2.24, 2.45) is 0 Å². The van der Waals surface area contributed by atoms with Crippen LogP contribution in [0.4, 0.5) is 5.69 Å². The second-order valence-electron chi connectivity index (χ2n) is 4.88. The van der Waals surface area contributed by atoms with E-state index in [1.54, 1.807) is 25.1 Å². The van der Waals surface area contributed by atoms with E-state index in [-0.39, 0.29) is 5.91 Å². The molecule has 0 aliphatic carbocycles. The monoisotopic (exact) mass is 337 g/mol.